The van der Waals surface area contributed by atoms with E-state index in [9.17, 15) is 4.79 Å². The molecule has 5 nitrogen and oxygen atoms in total. The first-order chi connectivity index (χ1) is 15.2. The predicted molar refractivity (Wildman–Crippen MR) is 124 cm³/mol. The van der Waals surface area contributed by atoms with Crippen LogP contribution in [-0.2, 0) is 19.5 Å². The smallest absolute Gasteiger partial charge is 0.253 e. The Morgan fingerprint density at radius 3 is 2.71 bits per heavy atom. The maximum absolute atomic E-state index is 12.4. The number of carbonyl (C=O) groups excluding carboxylic acids is 1. The summed E-state index contributed by atoms with van der Waals surface area (Å²) in [4.78, 5) is 17.2. The number of carbonyl (C=O) groups is 1. The van der Waals surface area contributed by atoms with Crippen molar-refractivity contribution >= 4 is 16.9 Å². The van der Waals surface area contributed by atoms with Gasteiger partial charge in [0.05, 0.1) is 16.6 Å². The molecule has 31 heavy (non-hydrogen) atoms. The fourth-order valence-corrected chi connectivity index (χ4v) is 4.29. The number of hydrogen-bond donors (Lipinski definition) is 2. The Bertz CT molecular complexity index is 1240. The van der Waals surface area contributed by atoms with E-state index in [1.165, 1.54) is 16.7 Å². The highest BCUT2D eigenvalue weighted by atomic mass is 16.1. The summed E-state index contributed by atoms with van der Waals surface area (Å²) in [7, 11) is 0. The molecule has 0 bridgehead atoms. The van der Waals surface area contributed by atoms with E-state index in [1.807, 2.05) is 18.2 Å². The van der Waals surface area contributed by atoms with E-state index in [-0.39, 0.29) is 5.91 Å². The molecule has 2 N–H and O–H groups in total. The van der Waals surface area contributed by atoms with Crippen molar-refractivity contribution in [1.82, 2.24) is 20.2 Å². The van der Waals surface area contributed by atoms with Crippen molar-refractivity contribution in [3.05, 3.63) is 89.0 Å². The van der Waals surface area contributed by atoms with E-state index in [4.69, 9.17) is 4.98 Å². The van der Waals surface area contributed by atoms with Crippen molar-refractivity contribution in [3.8, 4) is 11.4 Å². The zero-order chi connectivity index (χ0) is 21.2. The van der Waals surface area contributed by atoms with Gasteiger partial charge in [0.1, 0.15) is 5.82 Å². The Balaban J connectivity index is 1.30. The lowest BCUT2D eigenvalue weighted by molar-refractivity contribution is 0.0956. The normalized spacial score (nSPS) is 13.3. The van der Waals surface area contributed by atoms with Gasteiger partial charge in [-0.1, -0.05) is 60.2 Å². The second-order valence-electron chi connectivity index (χ2n) is 8.13. The molecule has 0 spiro atoms. The Hall–Kier alpha value is -3.44. The van der Waals surface area contributed by atoms with E-state index in [1.54, 1.807) is 0 Å². The number of nitrogens with zero attached hydrogens (tertiary/aromatic N) is 2. The van der Waals surface area contributed by atoms with E-state index >= 15 is 0 Å². The molecule has 1 aliphatic rings. The minimum absolute atomic E-state index is 0.0251. The zero-order valence-corrected chi connectivity index (χ0v) is 17.7. The number of aromatic nitrogens is 2. The fraction of sp³-hybridized carbons (Fsp3) is 0.231. The number of benzene rings is 3. The second-order valence-corrected chi connectivity index (χ2v) is 8.13. The lowest BCUT2D eigenvalue weighted by Crippen LogP contribution is -2.24. The highest BCUT2D eigenvalue weighted by molar-refractivity contribution is 6.06. The lowest BCUT2D eigenvalue weighted by Gasteiger charge is -2.09. The molecule has 5 heteroatoms. The molecule has 2 heterocycles. The van der Waals surface area contributed by atoms with Crippen LogP contribution in [0.4, 0.5) is 0 Å². The van der Waals surface area contributed by atoms with Crippen molar-refractivity contribution in [3.63, 3.8) is 0 Å². The van der Waals surface area contributed by atoms with Crippen molar-refractivity contribution in [2.45, 2.75) is 26.4 Å². The third-order valence-corrected chi connectivity index (χ3v) is 5.85. The number of imidazole rings is 1. The van der Waals surface area contributed by atoms with Crippen LogP contribution in [0.1, 0.15) is 27.0 Å². The van der Waals surface area contributed by atoms with Crippen LogP contribution >= 0.6 is 0 Å². The summed E-state index contributed by atoms with van der Waals surface area (Å²) in [6.07, 6.45) is 1.03. The van der Waals surface area contributed by atoms with Crippen molar-refractivity contribution < 1.29 is 4.79 Å². The molecule has 5 rings (SSSR count). The fourth-order valence-electron chi connectivity index (χ4n) is 4.29. The Morgan fingerprint density at radius 1 is 1.03 bits per heavy atom. The van der Waals surface area contributed by atoms with E-state index in [2.05, 4.69) is 70.7 Å². The molecule has 4 aromatic rings. The van der Waals surface area contributed by atoms with Crippen LogP contribution in [0, 0.1) is 6.92 Å². The molecule has 1 aliphatic heterocycles. The minimum atomic E-state index is -0.0251. The maximum atomic E-state index is 12.4. The first kappa shape index (κ1) is 19.5. The molecular formula is C26H26N4O. The predicted octanol–water partition coefficient (Wildman–Crippen LogP) is 4.09. The van der Waals surface area contributed by atoms with Gasteiger partial charge in [0.2, 0.25) is 0 Å². The van der Waals surface area contributed by atoms with Gasteiger partial charge in [-0.15, -0.1) is 0 Å². The Labute approximate surface area is 182 Å². The number of nitrogens with one attached hydrogen (secondary N) is 2. The first-order valence-corrected chi connectivity index (χ1v) is 10.8. The van der Waals surface area contributed by atoms with Gasteiger partial charge in [0.15, 0.2) is 0 Å². The van der Waals surface area contributed by atoms with Crippen LogP contribution in [0.2, 0.25) is 0 Å². The summed E-state index contributed by atoms with van der Waals surface area (Å²) in [5, 5.41) is 6.51. The third kappa shape index (κ3) is 3.97. The molecule has 3 aromatic carbocycles. The summed E-state index contributed by atoms with van der Waals surface area (Å²) >= 11 is 0. The summed E-state index contributed by atoms with van der Waals surface area (Å²) in [5.74, 6) is 0.890. The van der Waals surface area contributed by atoms with Gasteiger partial charge in [-0.2, -0.15) is 0 Å². The first-order valence-electron chi connectivity index (χ1n) is 10.8. The minimum Gasteiger partial charge on any atom is -0.350 e. The quantitative estimate of drug-likeness (QED) is 0.471. The standard InChI is InChI=1S/C26H26N4O/c1-18-4-2-5-19(16-18)12-13-27-17-20-8-10-21(11-9-20)25-29-23-7-3-6-22-24(23)30(25)15-14-28-26(22)31/h2-11,16,27H,12-15,17H2,1H3,(H,28,31). The van der Waals surface area contributed by atoms with Gasteiger partial charge in [-0.05, 0) is 43.1 Å². The molecule has 0 atom stereocenters. The molecule has 0 unspecified atom stereocenters. The van der Waals surface area contributed by atoms with Crippen molar-refractivity contribution in [1.29, 1.82) is 0 Å². The van der Waals surface area contributed by atoms with Gasteiger partial charge in [-0.3, -0.25) is 4.79 Å². The molecule has 1 aromatic heterocycles. The number of aryl methyl sites for hydroxylation is 1. The molecule has 1 amide bonds. The van der Waals surface area contributed by atoms with Crippen molar-refractivity contribution in [2.75, 3.05) is 13.1 Å². The largest absolute Gasteiger partial charge is 0.350 e. The van der Waals surface area contributed by atoms with Crippen molar-refractivity contribution in [2.24, 2.45) is 0 Å². The van der Waals surface area contributed by atoms with E-state index < -0.39 is 0 Å². The number of amides is 1. The van der Waals surface area contributed by atoms with Crippen LogP contribution in [0.15, 0.2) is 66.7 Å². The van der Waals surface area contributed by atoms with Crippen LogP contribution in [0.5, 0.6) is 0 Å². The summed E-state index contributed by atoms with van der Waals surface area (Å²) in [5.41, 5.74) is 7.48. The maximum Gasteiger partial charge on any atom is 0.253 e. The molecule has 0 aliphatic carbocycles. The molecule has 0 saturated carbocycles. The van der Waals surface area contributed by atoms with Gasteiger partial charge >= 0.3 is 0 Å². The van der Waals surface area contributed by atoms with E-state index in [0.717, 1.165) is 48.5 Å². The number of para-hydroxylation sites is 1. The Morgan fingerprint density at radius 2 is 1.87 bits per heavy atom. The van der Waals surface area contributed by atoms with Gasteiger partial charge in [0, 0.05) is 25.2 Å². The second kappa shape index (κ2) is 8.36. The van der Waals surface area contributed by atoms with Crippen LogP contribution in [0.25, 0.3) is 22.4 Å². The van der Waals surface area contributed by atoms with Crippen LogP contribution in [-0.4, -0.2) is 28.5 Å². The monoisotopic (exact) mass is 410 g/mol. The average molecular weight is 411 g/mol. The third-order valence-electron chi connectivity index (χ3n) is 5.85. The topological polar surface area (TPSA) is 59.0 Å². The highest BCUT2D eigenvalue weighted by Crippen LogP contribution is 2.28. The SMILES string of the molecule is Cc1cccc(CCNCc2ccc(-c3nc4cccc5c4n3CCNC5=O)cc2)c1. The molecule has 0 saturated heterocycles. The number of hydrogen-bond acceptors (Lipinski definition) is 3. The highest BCUT2D eigenvalue weighted by Gasteiger charge is 2.21. The average Bonchev–Trinajstić information content (AvgIpc) is 3.06. The summed E-state index contributed by atoms with van der Waals surface area (Å²) < 4.78 is 2.16. The van der Waals surface area contributed by atoms with Gasteiger partial charge in [0.25, 0.3) is 5.91 Å². The molecule has 156 valence electrons. The summed E-state index contributed by atoms with van der Waals surface area (Å²) in [6, 6.07) is 23.0. The summed E-state index contributed by atoms with van der Waals surface area (Å²) in [6.45, 7) is 5.24. The van der Waals surface area contributed by atoms with Crippen LogP contribution < -0.4 is 10.6 Å². The van der Waals surface area contributed by atoms with Crippen LogP contribution in [0.3, 0.4) is 0 Å². The lowest BCUT2D eigenvalue weighted by atomic mass is 10.1. The molecular weight excluding hydrogens is 384 g/mol. The number of rotatable bonds is 6. The molecule has 0 radical (unpaired) electrons. The zero-order valence-electron chi connectivity index (χ0n) is 17.7. The van der Waals surface area contributed by atoms with E-state index in [0.29, 0.717) is 12.1 Å². The van der Waals surface area contributed by atoms with Gasteiger partial charge < -0.3 is 15.2 Å². The Kier molecular flexibility index (Phi) is 5.26. The molecule has 0 fully saturated rings. The van der Waals surface area contributed by atoms with Gasteiger partial charge in [-0.25, -0.2) is 4.98 Å².